The second-order valence-corrected chi connectivity index (χ2v) is 7.48. The van der Waals surface area contributed by atoms with Crippen LogP contribution in [-0.4, -0.2) is 21.9 Å². The van der Waals surface area contributed by atoms with Crippen LogP contribution in [0.25, 0.3) is 11.5 Å². The summed E-state index contributed by atoms with van der Waals surface area (Å²) in [5.41, 5.74) is 1.29. The van der Waals surface area contributed by atoms with Gasteiger partial charge in [-0.25, -0.2) is 4.39 Å². The zero-order valence-electron chi connectivity index (χ0n) is 12.5. The van der Waals surface area contributed by atoms with Crippen molar-refractivity contribution in [1.29, 1.82) is 0 Å². The number of amides is 1. The molecule has 0 aliphatic heterocycles. The van der Waals surface area contributed by atoms with Crippen molar-refractivity contribution in [3.63, 3.8) is 0 Å². The molecule has 0 bridgehead atoms. The van der Waals surface area contributed by atoms with Crippen LogP contribution in [0.2, 0.25) is 0 Å². The van der Waals surface area contributed by atoms with E-state index in [9.17, 15) is 9.18 Å². The summed E-state index contributed by atoms with van der Waals surface area (Å²) in [6.07, 6.45) is 0. The molecular weight excluding hydrogens is 477 g/mol. The number of carbonyl (C=O) groups excluding carboxylic acids is 1. The summed E-state index contributed by atoms with van der Waals surface area (Å²) < 4.78 is 20.1. The molecule has 0 saturated heterocycles. The van der Waals surface area contributed by atoms with Crippen molar-refractivity contribution in [1.82, 2.24) is 10.2 Å². The van der Waals surface area contributed by atoms with Gasteiger partial charge in [0.2, 0.25) is 11.8 Å². The van der Waals surface area contributed by atoms with Crippen molar-refractivity contribution in [2.75, 3.05) is 11.1 Å². The van der Waals surface area contributed by atoms with Crippen LogP contribution in [0.4, 0.5) is 10.1 Å². The second-order valence-electron chi connectivity index (χ2n) is 4.85. The first-order valence-corrected chi connectivity index (χ1v) is 9.55. The number of hydrogen-bond acceptors (Lipinski definition) is 5. The molecular formula is C16H10Br2FN3O2S. The Labute approximate surface area is 163 Å². The van der Waals surface area contributed by atoms with E-state index < -0.39 is 0 Å². The Morgan fingerprint density at radius 3 is 2.60 bits per heavy atom. The molecule has 25 heavy (non-hydrogen) atoms. The molecule has 1 N–H and O–H groups in total. The lowest BCUT2D eigenvalue weighted by atomic mass is 10.2. The average molecular weight is 487 g/mol. The monoisotopic (exact) mass is 485 g/mol. The molecule has 0 atom stereocenters. The van der Waals surface area contributed by atoms with E-state index in [4.69, 9.17) is 4.42 Å². The molecule has 3 aromatic rings. The Bertz CT molecular complexity index is 903. The normalized spacial score (nSPS) is 10.7. The Kier molecular flexibility index (Phi) is 5.87. The lowest BCUT2D eigenvalue weighted by molar-refractivity contribution is -0.113. The standard InChI is InChI=1S/C16H10Br2FN3O2S/c17-12-6-5-11(7-13(12)18)20-14(23)8-25-16-22-21-15(24-16)9-1-3-10(19)4-2-9/h1-7H,8H2,(H,20,23). The molecule has 1 amide bonds. The van der Waals surface area contributed by atoms with Crippen molar-refractivity contribution in [3.8, 4) is 11.5 Å². The zero-order chi connectivity index (χ0) is 17.8. The van der Waals surface area contributed by atoms with E-state index in [1.165, 1.54) is 12.1 Å². The first-order valence-electron chi connectivity index (χ1n) is 6.98. The van der Waals surface area contributed by atoms with Crippen LogP contribution in [0.3, 0.4) is 0 Å². The third-order valence-corrected chi connectivity index (χ3v) is 5.73. The summed E-state index contributed by atoms with van der Waals surface area (Å²) in [7, 11) is 0. The molecule has 0 aliphatic carbocycles. The lowest BCUT2D eigenvalue weighted by Crippen LogP contribution is -2.13. The smallest absolute Gasteiger partial charge is 0.277 e. The van der Waals surface area contributed by atoms with E-state index in [1.807, 2.05) is 6.07 Å². The van der Waals surface area contributed by atoms with Crippen LogP contribution in [0.15, 0.2) is 61.0 Å². The van der Waals surface area contributed by atoms with Gasteiger partial charge in [0.1, 0.15) is 5.82 Å². The molecule has 0 saturated carbocycles. The number of anilines is 1. The van der Waals surface area contributed by atoms with Gasteiger partial charge in [0, 0.05) is 20.2 Å². The molecule has 5 nitrogen and oxygen atoms in total. The number of carbonyl (C=O) groups is 1. The van der Waals surface area contributed by atoms with Crippen LogP contribution >= 0.6 is 43.6 Å². The maximum absolute atomic E-state index is 12.9. The number of rotatable bonds is 5. The van der Waals surface area contributed by atoms with Gasteiger partial charge in [0.05, 0.1) is 5.75 Å². The zero-order valence-corrected chi connectivity index (χ0v) is 16.5. The predicted molar refractivity (Wildman–Crippen MR) is 101 cm³/mol. The number of thioether (sulfide) groups is 1. The van der Waals surface area contributed by atoms with Gasteiger partial charge >= 0.3 is 0 Å². The number of aromatic nitrogens is 2. The molecule has 0 radical (unpaired) electrons. The fourth-order valence-corrected chi connectivity index (χ4v) is 3.06. The highest BCUT2D eigenvalue weighted by atomic mass is 79.9. The maximum Gasteiger partial charge on any atom is 0.277 e. The molecule has 0 aliphatic rings. The fraction of sp³-hybridized carbons (Fsp3) is 0.0625. The average Bonchev–Trinajstić information content (AvgIpc) is 3.06. The number of hydrogen-bond donors (Lipinski definition) is 1. The van der Waals surface area contributed by atoms with Crippen molar-refractivity contribution in [2.24, 2.45) is 0 Å². The van der Waals surface area contributed by atoms with Gasteiger partial charge in [0.25, 0.3) is 5.22 Å². The van der Waals surface area contributed by atoms with Crippen LogP contribution in [0.1, 0.15) is 0 Å². The summed E-state index contributed by atoms with van der Waals surface area (Å²) in [4.78, 5) is 12.0. The molecule has 2 aromatic carbocycles. The van der Waals surface area contributed by atoms with Gasteiger partial charge in [-0.1, -0.05) is 11.8 Å². The van der Waals surface area contributed by atoms with Gasteiger partial charge < -0.3 is 9.73 Å². The maximum atomic E-state index is 12.9. The summed E-state index contributed by atoms with van der Waals surface area (Å²) in [6.45, 7) is 0. The molecule has 0 spiro atoms. The number of benzene rings is 2. The molecule has 1 heterocycles. The number of nitrogens with one attached hydrogen (secondary N) is 1. The molecule has 9 heteroatoms. The van der Waals surface area contributed by atoms with Crippen molar-refractivity contribution in [2.45, 2.75) is 5.22 Å². The van der Waals surface area contributed by atoms with Gasteiger partial charge in [-0.05, 0) is 74.3 Å². The fourth-order valence-electron chi connectivity index (χ4n) is 1.88. The summed E-state index contributed by atoms with van der Waals surface area (Å²) in [6, 6.07) is 11.2. The van der Waals surface area contributed by atoms with Crippen molar-refractivity contribution >= 4 is 55.2 Å². The van der Waals surface area contributed by atoms with E-state index in [0.717, 1.165) is 20.7 Å². The summed E-state index contributed by atoms with van der Waals surface area (Å²) >= 11 is 7.88. The highest BCUT2D eigenvalue weighted by Gasteiger charge is 2.12. The van der Waals surface area contributed by atoms with E-state index in [2.05, 4.69) is 47.4 Å². The lowest BCUT2D eigenvalue weighted by Gasteiger charge is -2.05. The van der Waals surface area contributed by atoms with Crippen molar-refractivity contribution < 1.29 is 13.6 Å². The van der Waals surface area contributed by atoms with Crippen molar-refractivity contribution in [3.05, 3.63) is 57.2 Å². The molecule has 0 unspecified atom stereocenters. The SMILES string of the molecule is O=C(CSc1nnc(-c2ccc(F)cc2)o1)Nc1ccc(Br)c(Br)c1. The van der Waals surface area contributed by atoms with Gasteiger partial charge in [-0.15, -0.1) is 10.2 Å². The molecule has 0 fully saturated rings. The summed E-state index contributed by atoms with van der Waals surface area (Å²) in [5, 5.41) is 10.8. The van der Waals surface area contributed by atoms with Gasteiger partial charge in [0.15, 0.2) is 0 Å². The Morgan fingerprint density at radius 2 is 1.88 bits per heavy atom. The molecule has 128 valence electrons. The largest absolute Gasteiger partial charge is 0.411 e. The minimum Gasteiger partial charge on any atom is -0.411 e. The summed E-state index contributed by atoms with van der Waals surface area (Å²) in [5.74, 6) is -0.131. The predicted octanol–water partition coefficient (Wildman–Crippen LogP) is 5.13. The van der Waals surface area contributed by atoms with E-state index in [0.29, 0.717) is 11.3 Å². The first kappa shape index (κ1) is 18.1. The Morgan fingerprint density at radius 1 is 1.12 bits per heavy atom. The quantitative estimate of drug-likeness (QED) is 0.506. The highest BCUT2D eigenvalue weighted by molar-refractivity contribution is 9.13. The Balaban J connectivity index is 1.57. The van der Waals surface area contributed by atoms with Crippen LogP contribution in [-0.2, 0) is 4.79 Å². The minimum atomic E-state index is -0.339. The third kappa shape index (κ3) is 4.90. The van der Waals surface area contributed by atoms with Crippen LogP contribution in [0.5, 0.6) is 0 Å². The minimum absolute atomic E-state index is 0.124. The van der Waals surface area contributed by atoms with Crippen LogP contribution in [0, 0.1) is 5.82 Å². The second kappa shape index (κ2) is 8.11. The van der Waals surface area contributed by atoms with Crippen LogP contribution < -0.4 is 5.32 Å². The number of nitrogens with zero attached hydrogens (tertiary/aromatic N) is 2. The highest BCUT2D eigenvalue weighted by Crippen LogP contribution is 2.27. The van der Waals surface area contributed by atoms with Gasteiger partial charge in [-0.2, -0.15) is 0 Å². The van der Waals surface area contributed by atoms with E-state index >= 15 is 0 Å². The number of halogens is 3. The molecule has 3 rings (SSSR count). The first-order chi connectivity index (χ1) is 12.0. The Hall–Kier alpha value is -1.71. The van der Waals surface area contributed by atoms with E-state index in [1.54, 1.807) is 24.3 Å². The third-order valence-electron chi connectivity index (χ3n) is 3.03. The van der Waals surface area contributed by atoms with E-state index in [-0.39, 0.29) is 28.6 Å². The van der Waals surface area contributed by atoms with Gasteiger partial charge in [-0.3, -0.25) is 4.79 Å². The topological polar surface area (TPSA) is 68.0 Å². The molecule has 1 aromatic heterocycles.